The van der Waals surface area contributed by atoms with E-state index >= 15 is 0 Å². The standard InChI is InChI=1S/C27H25ClN4O3S/c1-35-27-24-19(8-5-9-20(24)31-25(33)21-11-12-22(28)36-21)26(34)32(27)16-18-7-4-6-17(14-18)15-30-23-10-2-3-13-29-23/h2-14,26-27,34H,15-16H2,1H3,(H,29,30)(H,31,33). The van der Waals surface area contributed by atoms with Crippen molar-refractivity contribution in [1.82, 2.24) is 9.88 Å². The topological polar surface area (TPSA) is 86.7 Å². The number of nitrogens with one attached hydrogen (secondary N) is 2. The van der Waals surface area contributed by atoms with Crippen LogP contribution in [0.4, 0.5) is 11.5 Å². The average Bonchev–Trinajstić information content (AvgIpc) is 3.45. The second kappa shape index (κ2) is 10.8. The predicted molar refractivity (Wildman–Crippen MR) is 142 cm³/mol. The molecule has 0 bridgehead atoms. The number of aromatic nitrogens is 1. The Morgan fingerprint density at radius 2 is 1.94 bits per heavy atom. The van der Waals surface area contributed by atoms with E-state index in [0.717, 1.165) is 22.5 Å². The number of halogens is 1. The third-order valence-electron chi connectivity index (χ3n) is 6.04. The van der Waals surface area contributed by atoms with Crippen LogP contribution < -0.4 is 10.6 Å². The number of thiophene rings is 1. The minimum absolute atomic E-state index is 0.254. The molecule has 2 atom stereocenters. The number of hydrogen-bond acceptors (Lipinski definition) is 7. The number of aliphatic hydroxyl groups is 1. The lowest BCUT2D eigenvalue weighted by atomic mass is 10.1. The summed E-state index contributed by atoms with van der Waals surface area (Å²) in [5, 5.41) is 17.5. The Kier molecular flexibility index (Phi) is 7.31. The van der Waals surface area contributed by atoms with Gasteiger partial charge in [0.1, 0.15) is 18.3 Å². The minimum Gasteiger partial charge on any atom is -0.374 e. The highest BCUT2D eigenvalue weighted by Crippen LogP contribution is 2.45. The van der Waals surface area contributed by atoms with Gasteiger partial charge < -0.3 is 20.5 Å². The number of aliphatic hydroxyl groups excluding tert-OH is 1. The van der Waals surface area contributed by atoms with Crippen LogP contribution in [0.3, 0.4) is 0 Å². The molecule has 2 unspecified atom stereocenters. The monoisotopic (exact) mass is 520 g/mol. The van der Waals surface area contributed by atoms with Crippen LogP contribution in [-0.2, 0) is 17.8 Å². The fourth-order valence-corrected chi connectivity index (χ4v) is 5.36. The van der Waals surface area contributed by atoms with Crippen molar-refractivity contribution in [2.45, 2.75) is 25.5 Å². The van der Waals surface area contributed by atoms with Crippen LogP contribution in [0.15, 0.2) is 79.0 Å². The molecule has 2 aromatic carbocycles. The first-order valence-electron chi connectivity index (χ1n) is 11.4. The van der Waals surface area contributed by atoms with Gasteiger partial charge in [0.15, 0.2) is 0 Å². The van der Waals surface area contributed by atoms with Gasteiger partial charge in [0.05, 0.1) is 9.21 Å². The first kappa shape index (κ1) is 24.4. The third kappa shape index (κ3) is 5.13. The highest BCUT2D eigenvalue weighted by atomic mass is 35.5. The molecule has 0 spiro atoms. The molecule has 7 nitrogen and oxygen atoms in total. The Bertz CT molecular complexity index is 1360. The molecule has 2 aromatic heterocycles. The van der Waals surface area contributed by atoms with Crippen LogP contribution in [0.25, 0.3) is 0 Å². The van der Waals surface area contributed by atoms with E-state index in [1.807, 2.05) is 59.5 Å². The maximum absolute atomic E-state index is 12.8. The molecule has 184 valence electrons. The molecule has 1 amide bonds. The Morgan fingerprint density at radius 3 is 2.69 bits per heavy atom. The summed E-state index contributed by atoms with van der Waals surface area (Å²) in [4.78, 5) is 19.5. The molecule has 0 saturated carbocycles. The van der Waals surface area contributed by atoms with E-state index in [0.29, 0.717) is 33.6 Å². The lowest BCUT2D eigenvalue weighted by Gasteiger charge is -2.27. The Morgan fingerprint density at radius 1 is 1.11 bits per heavy atom. The first-order valence-corrected chi connectivity index (χ1v) is 12.6. The van der Waals surface area contributed by atoms with E-state index in [9.17, 15) is 9.90 Å². The molecule has 3 N–H and O–H groups in total. The van der Waals surface area contributed by atoms with Crippen molar-refractivity contribution >= 4 is 40.4 Å². The summed E-state index contributed by atoms with van der Waals surface area (Å²) in [6.45, 7) is 1.09. The highest BCUT2D eigenvalue weighted by molar-refractivity contribution is 7.18. The maximum Gasteiger partial charge on any atom is 0.265 e. The zero-order chi connectivity index (χ0) is 25.1. The van der Waals surface area contributed by atoms with Crippen molar-refractivity contribution in [3.05, 3.63) is 110 Å². The molecule has 0 radical (unpaired) electrons. The lowest BCUT2D eigenvalue weighted by Crippen LogP contribution is -2.27. The lowest BCUT2D eigenvalue weighted by molar-refractivity contribution is -0.108. The van der Waals surface area contributed by atoms with E-state index in [1.165, 1.54) is 11.3 Å². The van der Waals surface area contributed by atoms with Crippen LogP contribution in [0, 0.1) is 0 Å². The van der Waals surface area contributed by atoms with Crippen molar-refractivity contribution in [2.75, 3.05) is 17.7 Å². The van der Waals surface area contributed by atoms with Crippen molar-refractivity contribution in [2.24, 2.45) is 0 Å². The zero-order valence-corrected chi connectivity index (χ0v) is 21.1. The van der Waals surface area contributed by atoms with Gasteiger partial charge in [-0.2, -0.15) is 0 Å². The Labute approximate surface area is 218 Å². The molecule has 0 saturated heterocycles. The summed E-state index contributed by atoms with van der Waals surface area (Å²) in [6, 6.07) is 22.8. The van der Waals surface area contributed by atoms with Crippen LogP contribution in [0.2, 0.25) is 4.34 Å². The number of carbonyl (C=O) groups excluding carboxylic acids is 1. The fraction of sp³-hybridized carbons (Fsp3) is 0.185. The third-order valence-corrected chi connectivity index (χ3v) is 7.27. The van der Waals surface area contributed by atoms with Gasteiger partial charge in [-0.15, -0.1) is 11.3 Å². The summed E-state index contributed by atoms with van der Waals surface area (Å²) >= 11 is 7.21. The van der Waals surface area contributed by atoms with Gasteiger partial charge in [-0.05, 0) is 41.5 Å². The molecule has 4 aromatic rings. The van der Waals surface area contributed by atoms with Crippen molar-refractivity contribution in [3.8, 4) is 0 Å². The molecule has 5 rings (SSSR count). The van der Waals surface area contributed by atoms with Gasteiger partial charge in [0.25, 0.3) is 5.91 Å². The molecule has 36 heavy (non-hydrogen) atoms. The summed E-state index contributed by atoms with van der Waals surface area (Å²) in [7, 11) is 1.60. The molecule has 1 aliphatic heterocycles. The predicted octanol–water partition coefficient (Wildman–Crippen LogP) is 5.81. The summed E-state index contributed by atoms with van der Waals surface area (Å²) in [5.41, 5.74) is 4.18. The first-order chi connectivity index (χ1) is 17.5. The second-order valence-electron chi connectivity index (χ2n) is 8.39. The molecule has 0 fully saturated rings. The van der Waals surface area contributed by atoms with Gasteiger partial charge in [-0.1, -0.05) is 54.1 Å². The van der Waals surface area contributed by atoms with Gasteiger partial charge in [0, 0.05) is 43.2 Å². The molecular weight excluding hydrogens is 496 g/mol. The van der Waals surface area contributed by atoms with Gasteiger partial charge in [0.2, 0.25) is 0 Å². The number of carbonyl (C=O) groups is 1. The van der Waals surface area contributed by atoms with Crippen LogP contribution in [-0.4, -0.2) is 28.0 Å². The molecule has 0 aliphatic carbocycles. The molecule has 1 aliphatic rings. The van der Waals surface area contributed by atoms with E-state index in [2.05, 4.69) is 21.7 Å². The largest absolute Gasteiger partial charge is 0.374 e. The summed E-state index contributed by atoms with van der Waals surface area (Å²) < 4.78 is 6.38. The molecule has 9 heteroatoms. The van der Waals surface area contributed by atoms with Crippen LogP contribution in [0.1, 0.15) is 44.4 Å². The van der Waals surface area contributed by atoms with Crippen LogP contribution >= 0.6 is 22.9 Å². The second-order valence-corrected chi connectivity index (χ2v) is 10.1. The van der Waals surface area contributed by atoms with Crippen molar-refractivity contribution in [1.29, 1.82) is 0 Å². The molecular formula is C27H25ClN4O3S. The van der Waals surface area contributed by atoms with Crippen LogP contribution in [0.5, 0.6) is 0 Å². The number of anilines is 2. The Hall–Kier alpha value is -3.27. The number of pyridine rings is 1. The SMILES string of the molecule is COC1c2c(NC(=O)c3ccc(Cl)s3)cccc2C(O)N1Cc1cccc(CNc2ccccn2)c1. The number of rotatable bonds is 8. The summed E-state index contributed by atoms with van der Waals surface area (Å²) in [5.74, 6) is 0.559. The number of fused-ring (bicyclic) bond motifs is 1. The van der Waals surface area contributed by atoms with Gasteiger partial charge >= 0.3 is 0 Å². The van der Waals surface area contributed by atoms with Crippen molar-refractivity contribution < 1.29 is 14.6 Å². The number of nitrogens with zero attached hydrogens (tertiary/aromatic N) is 2. The van der Waals surface area contributed by atoms with E-state index in [-0.39, 0.29) is 5.91 Å². The number of methoxy groups -OCH3 is 1. The van der Waals surface area contributed by atoms with Crippen molar-refractivity contribution in [3.63, 3.8) is 0 Å². The van der Waals surface area contributed by atoms with E-state index in [1.54, 1.807) is 25.4 Å². The maximum atomic E-state index is 12.8. The smallest absolute Gasteiger partial charge is 0.265 e. The minimum atomic E-state index is -0.881. The number of hydrogen-bond donors (Lipinski definition) is 3. The Balaban J connectivity index is 1.34. The number of amides is 1. The van der Waals surface area contributed by atoms with E-state index in [4.69, 9.17) is 16.3 Å². The highest BCUT2D eigenvalue weighted by Gasteiger charge is 2.39. The zero-order valence-electron chi connectivity index (χ0n) is 19.5. The number of ether oxygens (including phenoxy) is 1. The normalized spacial score (nSPS) is 17.1. The van der Waals surface area contributed by atoms with E-state index < -0.39 is 12.5 Å². The fourth-order valence-electron chi connectivity index (χ4n) is 4.42. The average molecular weight is 521 g/mol. The van der Waals surface area contributed by atoms with Gasteiger partial charge in [-0.3, -0.25) is 4.79 Å². The number of benzene rings is 2. The quantitative estimate of drug-likeness (QED) is 0.272. The van der Waals surface area contributed by atoms with Gasteiger partial charge in [-0.25, -0.2) is 9.88 Å². The molecule has 3 heterocycles. The summed E-state index contributed by atoms with van der Waals surface area (Å²) in [6.07, 6.45) is 0.338.